The summed E-state index contributed by atoms with van der Waals surface area (Å²) < 4.78 is 2.27. The summed E-state index contributed by atoms with van der Waals surface area (Å²) in [6, 6.07) is 14.4. The topological polar surface area (TPSA) is 51.0 Å². The number of pyridine rings is 1. The number of benzene rings is 1. The van der Waals surface area contributed by atoms with E-state index in [0.29, 0.717) is 17.7 Å². The van der Waals surface area contributed by atoms with Crippen molar-refractivity contribution in [2.24, 2.45) is 11.8 Å². The van der Waals surface area contributed by atoms with Crippen LogP contribution in [0.4, 0.5) is 0 Å². The van der Waals surface area contributed by atoms with Crippen molar-refractivity contribution in [1.29, 1.82) is 0 Å². The summed E-state index contributed by atoms with van der Waals surface area (Å²) in [6.07, 6.45) is 10.0. The van der Waals surface area contributed by atoms with E-state index in [-0.39, 0.29) is 0 Å². The zero-order valence-electron chi connectivity index (χ0n) is 16.6. The third-order valence-electron chi connectivity index (χ3n) is 6.05. The fourth-order valence-electron chi connectivity index (χ4n) is 4.42. The number of carbonyl (C=O) groups is 1. The molecule has 29 heavy (non-hydrogen) atoms. The zero-order chi connectivity index (χ0) is 19.6. The molecule has 0 radical (unpaired) electrons. The molecule has 1 aliphatic carbocycles. The first-order chi connectivity index (χ1) is 14.3. The Morgan fingerprint density at radius 2 is 1.79 bits per heavy atom. The first-order valence-corrected chi connectivity index (χ1v) is 10.6. The van der Waals surface area contributed by atoms with Crippen molar-refractivity contribution >= 4 is 5.91 Å². The highest BCUT2D eigenvalue weighted by Crippen LogP contribution is 2.34. The van der Waals surface area contributed by atoms with Gasteiger partial charge in [0.2, 0.25) is 5.91 Å². The standard InChI is InChI=1S/C24H26N4O/c29-24(21-8-9-21)27-14-4-5-18(15-27)16-28-17-26-22(19-6-2-1-3-7-19)23(28)20-10-12-25-13-11-20/h1-3,6-7,10-13,17-18,21H,4-5,8-9,14-16H2/t18-/m1/s1. The van der Waals surface area contributed by atoms with Gasteiger partial charge in [-0.3, -0.25) is 9.78 Å². The minimum Gasteiger partial charge on any atom is -0.342 e. The van der Waals surface area contributed by atoms with Crippen LogP contribution in [0.5, 0.6) is 0 Å². The molecule has 1 saturated carbocycles. The Morgan fingerprint density at radius 1 is 1.00 bits per heavy atom. The van der Waals surface area contributed by atoms with Crippen molar-refractivity contribution in [3.05, 3.63) is 61.2 Å². The maximum absolute atomic E-state index is 12.5. The Bertz CT molecular complexity index is 979. The van der Waals surface area contributed by atoms with Crippen molar-refractivity contribution in [2.45, 2.75) is 32.2 Å². The number of amides is 1. The average Bonchev–Trinajstić information content (AvgIpc) is 3.55. The number of hydrogen-bond acceptors (Lipinski definition) is 3. The van der Waals surface area contributed by atoms with E-state index in [1.165, 1.54) is 0 Å². The summed E-state index contributed by atoms with van der Waals surface area (Å²) in [5.74, 6) is 1.14. The third kappa shape index (κ3) is 3.82. The lowest BCUT2D eigenvalue weighted by atomic mass is 9.97. The van der Waals surface area contributed by atoms with Gasteiger partial charge in [0.1, 0.15) is 0 Å². The Hall–Kier alpha value is -2.95. The van der Waals surface area contributed by atoms with Crippen LogP contribution in [0.15, 0.2) is 61.2 Å². The van der Waals surface area contributed by atoms with E-state index in [0.717, 1.165) is 67.8 Å². The Kier molecular flexibility index (Phi) is 4.88. The van der Waals surface area contributed by atoms with E-state index in [4.69, 9.17) is 4.98 Å². The lowest BCUT2D eigenvalue weighted by Crippen LogP contribution is -2.41. The molecule has 1 atom stereocenters. The molecular weight excluding hydrogens is 360 g/mol. The molecule has 5 heteroatoms. The molecule has 0 N–H and O–H groups in total. The van der Waals surface area contributed by atoms with Crippen LogP contribution in [0, 0.1) is 11.8 Å². The molecular formula is C24H26N4O. The number of imidazole rings is 1. The number of rotatable bonds is 5. The molecule has 3 heterocycles. The smallest absolute Gasteiger partial charge is 0.225 e. The van der Waals surface area contributed by atoms with E-state index >= 15 is 0 Å². The summed E-state index contributed by atoms with van der Waals surface area (Å²) >= 11 is 0. The van der Waals surface area contributed by atoms with Gasteiger partial charge in [-0.25, -0.2) is 4.98 Å². The van der Waals surface area contributed by atoms with Gasteiger partial charge in [0, 0.05) is 49.1 Å². The fraction of sp³-hybridized carbons (Fsp3) is 0.375. The van der Waals surface area contributed by atoms with Crippen LogP contribution in [0.25, 0.3) is 22.5 Å². The number of piperidine rings is 1. The summed E-state index contributed by atoms with van der Waals surface area (Å²) in [4.78, 5) is 23.6. The zero-order valence-corrected chi connectivity index (χ0v) is 16.6. The van der Waals surface area contributed by atoms with Gasteiger partial charge in [-0.15, -0.1) is 0 Å². The molecule has 2 aromatic heterocycles. The largest absolute Gasteiger partial charge is 0.342 e. The molecule has 5 nitrogen and oxygen atoms in total. The minimum absolute atomic E-state index is 0.305. The molecule has 0 bridgehead atoms. The highest BCUT2D eigenvalue weighted by atomic mass is 16.2. The highest BCUT2D eigenvalue weighted by molar-refractivity contribution is 5.81. The molecule has 1 saturated heterocycles. The van der Waals surface area contributed by atoms with Crippen LogP contribution in [0.2, 0.25) is 0 Å². The highest BCUT2D eigenvalue weighted by Gasteiger charge is 2.35. The second-order valence-electron chi connectivity index (χ2n) is 8.26. The molecule has 148 valence electrons. The van der Waals surface area contributed by atoms with Gasteiger partial charge >= 0.3 is 0 Å². The van der Waals surface area contributed by atoms with Gasteiger partial charge in [-0.1, -0.05) is 30.3 Å². The lowest BCUT2D eigenvalue weighted by molar-refractivity contribution is -0.134. The number of aromatic nitrogens is 3. The van der Waals surface area contributed by atoms with Crippen molar-refractivity contribution in [3.63, 3.8) is 0 Å². The molecule has 0 spiro atoms. The number of hydrogen-bond donors (Lipinski definition) is 0. The molecule has 1 aromatic carbocycles. The molecule has 2 fully saturated rings. The molecule has 1 amide bonds. The lowest BCUT2D eigenvalue weighted by Gasteiger charge is -2.33. The normalized spacial score (nSPS) is 19.3. The third-order valence-corrected chi connectivity index (χ3v) is 6.05. The van der Waals surface area contributed by atoms with Crippen LogP contribution in [0.3, 0.4) is 0 Å². The van der Waals surface area contributed by atoms with E-state index in [1.54, 1.807) is 0 Å². The van der Waals surface area contributed by atoms with Gasteiger partial charge in [-0.2, -0.15) is 0 Å². The Labute approximate surface area is 171 Å². The van der Waals surface area contributed by atoms with Gasteiger partial charge in [0.05, 0.1) is 17.7 Å². The van der Waals surface area contributed by atoms with Crippen LogP contribution in [-0.2, 0) is 11.3 Å². The van der Waals surface area contributed by atoms with Crippen molar-refractivity contribution in [3.8, 4) is 22.5 Å². The minimum atomic E-state index is 0.305. The van der Waals surface area contributed by atoms with Gasteiger partial charge < -0.3 is 9.47 Å². The molecule has 5 rings (SSSR count). The van der Waals surface area contributed by atoms with E-state index in [2.05, 4.69) is 26.6 Å². The first-order valence-electron chi connectivity index (χ1n) is 10.6. The summed E-state index contributed by atoms with van der Waals surface area (Å²) in [7, 11) is 0. The first kappa shape index (κ1) is 18.1. The van der Waals surface area contributed by atoms with Crippen LogP contribution in [0.1, 0.15) is 25.7 Å². The van der Waals surface area contributed by atoms with Gasteiger partial charge in [0.25, 0.3) is 0 Å². The predicted octanol–water partition coefficient (Wildman–Crippen LogP) is 4.26. The molecule has 3 aromatic rings. The maximum atomic E-state index is 12.5. The van der Waals surface area contributed by atoms with Crippen LogP contribution < -0.4 is 0 Å². The predicted molar refractivity (Wildman–Crippen MR) is 113 cm³/mol. The van der Waals surface area contributed by atoms with E-state index in [1.807, 2.05) is 49.1 Å². The average molecular weight is 386 g/mol. The monoisotopic (exact) mass is 386 g/mol. The molecule has 2 aliphatic rings. The fourth-order valence-corrected chi connectivity index (χ4v) is 4.42. The van der Waals surface area contributed by atoms with Crippen LogP contribution in [-0.4, -0.2) is 38.4 Å². The van der Waals surface area contributed by atoms with Gasteiger partial charge in [-0.05, 0) is 43.7 Å². The van der Waals surface area contributed by atoms with Crippen molar-refractivity contribution in [2.75, 3.05) is 13.1 Å². The van der Waals surface area contributed by atoms with Crippen molar-refractivity contribution in [1.82, 2.24) is 19.4 Å². The maximum Gasteiger partial charge on any atom is 0.225 e. The van der Waals surface area contributed by atoms with Gasteiger partial charge in [0.15, 0.2) is 0 Å². The molecule has 0 unspecified atom stereocenters. The van der Waals surface area contributed by atoms with E-state index in [9.17, 15) is 4.79 Å². The van der Waals surface area contributed by atoms with Crippen LogP contribution >= 0.6 is 0 Å². The summed E-state index contributed by atoms with van der Waals surface area (Å²) in [5, 5.41) is 0. The number of nitrogens with zero attached hydrogens (tertiary/aromatic N) is 4. The molecule has 1 aliphatic heterocycles. The SMILES string of the molecule is O=C(C1CC1)N1CCC[C@@H](Cn2cnc(-c3ccccc3)c2-c2ccncc2)C1. The Morgan fingerprint density at radius 3 is 2.55 bits per heavy atom. The van der Waals surface area contributed by atoms with Crippen molar-refractivity contribution < 1.29 is 4.79 Å². The number of carbonyl (C=O) groups excluding carboxylic acids is 1. The second kappa shape index (κ2) is 7.82. The second-order valence-corrected chi connectivity index (χ2v) is 8.26. The summed E-state index contributed by atoms with van der Waals surface area (Å²) in [6.45, 7) is 2.66. The van der Waals surface area contributed by atoms with E-state index < -0.39 is 0 Å². The quantitative estimate of drug-likeness (QED) is 0.658. The summed E-state index contributed by atoms with van der Waals surface area (Å²) in [5.41, 5.74) is 4.37. The Balaban J connectivity index is 1.44. The number of likely N-dealkylation sites (tertiary alicyclic amines) is 1.